The highest BCUT2D eigenvalue weighted by Gasteiger charge is 2.18. The van der Waals surface area contributed by atoms with Gasteiger partial charge in [0, 0.05) is 38.1 Å². The molecule has 0 bridgehead atoms. The Bertz CT molecular complexity index is 574. The van der Waals surface area contributed by atoms with Crippen LogP contribution in [-0.2, 0) is 26.2 Å². The zero-order chi connectivity index (χ0) is 14.7. The second-order valence-corrected chi connectivity index (χ2v) is 6.06. The van der Waals surface area contributed by atoms with Crippen LogP contribution in [0, 0.1) is 5.92 Å². The second-order valence-electron chi connectivity index (χ2n) is 6.06. The van der Waals surface area contributed by atoms with Crippen molar-refractivity contribution in [2.75, 3.05) is 13.1 Å². The fourth-order valence-corrected chi connectivity index (χ4v) is 2.58. The van der Waals surface area contributed by atoms with Gasteiger partial charge in [0.25, 0.3) is 0 Å². The van der Waals surface area contributed by atoms with E-state index in [2.05, 4.69) is 44.8 Å². The molecule has 0 spiro atoms. The fraction of sp³-hybridized carbons (Fsp3) is 0.600. The van der Waals surface area contributed by atoms with Gasteiger partial charge in [-0.15, -0.1) is 0 Å². The summed E-state index contributed by atoms with van der Waals surface area (Å²) in [5.41, 5.74) is 0.976. The molecule has 0 radical (unpaired) electrons. The first kappa shape index (κ1) is 14.3. The first-order valence-corrected chi connectivity index (χ1v) is 7.58. The van der Waals surface area contributed by atoms with Crippen molar-refractivity contribution in [2.45, 2.75) is 40.0 Å². The lowest BCUT2D eigenvalue weighted by atomic mass is 10.2. The van der Waals surface area contributed by atoms with E-state index >= 15 is 0 Å². The number of hydrogen-bond donors (Lipinski definition) is 1. The Morgan fingerprint density at radius 3 is 3.14 bits per heavy atom. The highest BCUT2D eigenvalue weighted by Crippen LogP contribution is 2.14. The molecule has 0 amide bonds. The van der Waals surface area contributed by atoms with Crippen LogP contribution in [0.3, 0.4) is 0 Å². The van der Waals surface area contributed by atoms with Crippen LogP contribution in [0.25, 0.3) is 0 Å². The molecule has 1 N–H and O–H groups in total. The van der Waals surface area contributed by atoms with Crippen molar-refractivity contribution in [1.29, 1.82) is 0 Å². The zero-order valence-electron chi connectivity index (χ0n) is 12.7. The van der Waals surface area contributed by atoms with Crippen LogP contribution in [0.5, 0.6) is 0 Å². The molecular formula is C15H23N5O. The number of nitrogens with one attached hydrogen (secondary N) is 1. The molecule has 6 heteroatoms. The number of aromatic nitrogens is 3. The lowest BCUT2D eigenvalue weighted by molar-refractivity contribution is 0.186. The van der Waals surface area contributed by atoms with E-state index in [0.717, 1.165) is 56.5 Å². The topological polar surface area (TPSA) is 59.1 Å². The minimum atomic E-state index is 0.647. The van der Waals surface area contributed by atoms with Gasteiger partial charge in [0.2, 0.25) is 0 Å². The highest BCUT2D eigenvalue weighted by atomic mass is 16.5. The largest absolute Gasteiger partial charge is 0.360 e. The summed E-state index contributed by atoms with van der Waals surface area (Å²) in [4.78, 5) is 6.72. The Hall–Kier alpha value is -1.66. The van der Waals surface area contributed by atoms with E-state index in [1.54, 1.807) is 0 Å². The molecule has 0 atom stereocenters. The average molecular weight is 289 g/mol. The molecule has 6 nitrogen and oxygen atoms in total. The molecular weight excluding hydrogens is 266 g/mol. The van der Waals surface area contributed by atoms with Crippen molar-refractivity contribution >= 4 is 0 Å². The van der Waals surface area contributed by atoms with Crippen LogP contribution < -0.4 is 5.32 Å². The van der Waals surface area contributed by atoms with Gasteiger partial charge in [-0.2, -0.15) is 0 Å². The maximum Gasteiger partial charge on any atom is 0.151 e. The van der Waals surface area contributed by atoms with Gasteiger partial charge in [0.15, 0.2) is 5.76 Å². The van der Waals surface area contributed by atoms with Crippen LogP contribution in [0.4, 0.5) is 0 Å². The summed E-state index contributed by atoms with van der Waals surface area (Å²) in [5, 5.41) is 7.51. The van der Waals surface area contributed by atoms with Gasteiger partial charge in [0.1, 0.15) is 5.82 Å². The zero-order valence-corrected chi connectivity index (χ0v) is 12.7. The lowest BCUT2D eigenvalue weighted by Crippen LogP contribution is -2.33. The first-order valence-electron chi connectivity index (χ1n) is 7.58. The normalized spacial score (nSPS) is 15.6. The van der Waals surface area contributed by atoms with Gasteiger partial charge in [0.05, 0.1) is 18.8 Å². The third-order valence-electron chi connectivity index (χ3n) is 3.67. The van der Waals surface area contributed by atoms with E-state index in [1.165, 1.54) is 0 Å². The quantitative estimate of drug-likeness (QED) is 0.876. The van der Waals surface area contributed by atoms with Gasteiger partial charge in [-0.05, 0) is 12.5 Å². The molecule has 0 aromatic carbocycles. The number of imidazole rings is 1. The Kier molecular flexibility index (Phi) is 4.36. The molecule has 2 aromatic heterocycles. The highest BCUT2D eigenvalue weighted by molar-refractivity contribution is 5.06. The Labute approximate surface area is 125 Å². The molecule has 114 valence electrons. The van der Waals surface area contributed by atoms with Crippen LogP contribution in [0.1, 0.15) is 31.1 Å². The van der Waals surface area contributed by atoms with E-state index in [0.29, 0.717) is 5.92 Å². The lowest BCUT2D eigenvalue weighted by Gasteiger charge is -2.26. The number of fused-ring (bicyclic) bond motifs is 1. The summed E-state index contributed by atoms with van der Waals surface area (Å²) >= 11 is 0. The molecule has 21 heavy (non-hydrogen) atoms. The van der Waals surface area contributed by atoms with Crippen molar-refractivity contribution in [3.05, 3.63) is 35.7 Å². The molecule has 1 aliphatic rings. The summed E-state index contributed by atoms with van der Waals surface area (Å²) in [6, 6.07) is 2.05. The predicted molar refractivity (Wildman–Crippen MR) is 79.4 cm³/mol. The van der Waals surface area contributed by atoms with E-state index in [1.807, 2.05) is 12.4 Å². The molecule has 0 saturated heterocycles. The Morgan fingerprint density at radius 1 is 1.38 bits per heavy atom. The Balaban J connectivity index is 1.51. The minimum Gasteiger partial charge on any atom is -0.360 e. The summed E-state index contributed by atoms with van der Waals surface area (Å²) < 4.78 is 7.64. The molecule has 1 aliphatic heterocycles. The summed E-state index contributed by atoms with van der Waals surface area (Å²) in [6.45, 7) is 9.84. The van der Waals surface area contributed by atoms with Crippen molar-refractivity contribution in [2.24, 2.45) is 5.92 Å². The average Bonchev–Trinajstić information content (AvgIpc) is 3.07. The van der Waals surface area contributed by atoms with Gasteiger partial charge in [-0.3, -0.25) is 4.90 Å². The maximum absolute atomic E-state index is 5.44. The van der Waals surface area contributed by atoms with Gasteiger partial charge in [-0.25, -0.2) is 4.98 Å². The fourth-order valence-electron chi connectivity index (χ4n) is 2.58. The van der Waals surface area contributed by atoms with Crippen molar-refractivity contribution in [1.82, 2.24) is 24.9 Å². The van der Waals surface area contributed by atoms with Crippen LogP contribution >= 0.6 is 0 Å². The van der Waals surface area contributed by atoms with Gasteiger partial charge >= 0.3 is 0 Å². The monoisotopic (exact) mass is 289 g/mol. The number of hydrogen-bond acceptors (Lipinski definition) is 5. The molecule has 0 unspecified atom stereocenters. The Morgan fingerprint density at radius 2 is 2.29 bits per heavy atom. The summed E-state index contributed by atoms with van der Waals surface area (Å²) in [5.74, 6) is 2.70. The van der Waals surface area contributed by atoms with Gasteiger partial charge < -0.3 is 14.4 Å². The maximum atomic E-state index is 5.44. The van der Waals surface area contributed by atoms with Gasteiger partial charge in [-0.1, -0.05) is 19.0 Å². The first-order chi connectivity index (χ1) is 10.2. The summed E-state index contributed by atoms with van der Waals surface area (Å²) in [7, 11) is 0. The summed E-state index contributed by atoms with van der Waals surface area (Å²) in [6.07, 6.45) is 3.91. The van der Waals surface area contributed by atoms with Crippen LogP contribution in [0.2, 0.25) is 0 Å². The molecule has 0 aliphatic carbocycles. The molecule has 2 aromatic rings. The number of nitrogens with zero attached hydrogens (tertiary/aromatic N) is 4. The molecule has 0 fully saturated rings. The second kappa shape index (κ2) is 6.41. The van der Waals surface area contributed by atoms with E-state index in [9.17, 15) is 0 Å². The van der Waals surface area contributed by atoms with E-state index in [4.69, 9.17) is 4.52 Å². The smallest absolute Gasteiger partial charge is 0.151 e. The standard InChI is InChI=1S/C15H23N5O/c1-12(2)8-16-9-13-7-14(21-18-13)10-19-5-6-20-4-3-17-15(20)11-19/h3-4,7,12,16H,5-6,8-11H2,1-2H3. The third kappa shape index (κ3) is 3.71. The van der Waals surface area contributed by atoms with Crippen LogP contribution in [0.15, 0.2) is 23.0 Å². The van der Waals surface area contributed by atoms with Crippen molar-refractivity contribution in [3.63, 3.8) is 0 Å². The van der Waals surface area contributed by atoms with Crippen LogP contribution in [-0.4, -0.2) is 32.7 Å². The van der Waals surface area contributed by atoms with E-state index in [-0.39, 0.29) is 0 Å². The molecule has 0 saturated carbocycles. The number of rotatable bonds is 6. The molecule has 3 rings (SSSR count). The van der Waals surface area contributed by atoms with Crippen molar-refractivity contribution < 1.29 is 4.52 Å². The SMILES string of the molecule is CC(C)CNCc1cc(CN2CCn3ccnc3C2)on1. The van der Waals surface area contributed by atoms with E-state index < -0.39 is 0 Å². The molecule has 3 heterocycles. The van der Waals surface area contributed by atoms with Crippen molar-refractivity contribution in [3.8, 4) is 0 Å². The third-order valence-corrected chi connectivity index (χ3v) is 3.67. The predicted octanol–water partition coefficient (Wildman–Crippen LogP) is 1.63. The minimum absolute atomic E-state index is 0.647.